The lowest BCUT2D eigenvalue weighted by Gasteiger charge is -1.96. The molecule has 68 valence electrons. The van der Waals surface area contributed by atoms with Crippen LogP contribution >= 0.6 is 22.6 Å². The van der Waals surface area contributed by atoms with Gasteiger partial charge in [-0.15, -0.1) is 0 Å². The predicted molar refractivity (Wildman–Crippen MR) is 59.8 cm³/mol. The molecule has 0 saturated carbocycles. The Labute approximate surface area is 89.8 Å². The molecule has 3 nitrogen and oxygen atoms in total. The molecule has 0 atom stereocenters. The van der Waals surface area contributed by atoms with Gasteiger partial charge in [0.05, 0.1) is 4.92 Å². The van der Waals surface area contributed by atoms with E-state index in [1.165, 1.54) is 6.92 Å². The highest BCUT2D eigenvalue weighted by Gasteiger charge is 2.03. The van der Waals surface area contributed by atoms with Gasteiger partial charge in [0.2, 0.25) is 5.70 Å². The van der Waals surface area contributed by atoms with E-state index in [9.17, 15) is 10.1 Å². The average Bonchev–Trinajstić information content (AvgIpc) is 2.08. The number of nitro groups is 1. The topological polar surface area (TPSA) is 43.1 Å². The van der Waals surface area contributed by atoms with Crippen LogP contribution in [-0.4, -0.2) is 4.92 Å². The standard InChI is InChI=1S/C9H8INO2/c1-7(11(12)13)6-8-4-2-3-5-9(8)10/h2-6H,1H3/b7-6-. The summed E-state index contributed by atoms with van der Waals surface area (Å²) in [6, 6.07) is 7.54. The quantitative estimate of drug-likeness (QED) is 0.477. The Kier molecular flexibility index (Phi) is 3.41. The Balaban J connectivity index is 3.04. The fourth-order valence-corrected chi connectivity index (χ4v) is 1.41. The molecule has 0 bridgehead atoms. The van der Waals surface area contributed by atoms with Crippen molar-refractivity contribution in [3.05, 3.63) is 49.2 Å². The second-order valence-electron chi connectivity index (χ2n) is 2.56. The summed E-state index contributed by atoms with van der Waals surface area (Å²) in [5.41, 5.74) is 1.04. The van der Waals surface area contributed by atoms with Crippen molar-refractivity contribution in [1.29, 1.82) is 0 Å². The lowest BCUT2D eigenvalue weighted by molar-refractivity contribution is -0.422. The molecule has 13 heavy (non-hydrogen) atoms. The first-order valence-corrected chi connectivity index (χ1v) is 4.76. The molecule has 0 fully saturated rings. The Morgan fingerprint density at radius 1 is 1.54 bits per heavy atom. The van der Waals surface area contributed by atoms with E-state index in [4.69, 9.17) is 0 Å². The first kappa shape index (κ1) is 10.2. The van der Waals surface area contributed by atoms with Crippen LogP contribution in [0.2, 0.25) is 0 Å². The van der Waals surface area contributed by atoms with E-state index in [1.54, 1.807) is 6.08 Å². The smallest absolute Gasteiger partial charge is 0.243 e. The van der Waals surface area contributed by atoms with Crippen molar-refractivity contribution in [1.82, 2.24) is 0 Å². The second kappa shape index (κ2) is 4.36. The third kappa shape index (κ3) is 2.80. The van der Waals surface area contributed by atoms with Crippen LogP contribution in [0, 0.1) is 13.7 Å². The summed E-state index contributed by atoms with van der Waals surface area (Å²) < 4.78 is 1.02. The molecule has 0 aliphatic heterocycles. The molecule has 4 heteroatoms. The van der Waals surface area contributed by atoms with Crippen LogP contribution in [0.4, 0.5) is 0 Å². The molecule has 0 amide bonds. The maximum Gasteiger partial charge on any atom is 0.243 e. The predicted octanol–water partition coefficient (Wildman–Crippen LogP) is 2.93. The zero-order valence-corrected chi connectivity index (χ0v) is 9.19. The zero-order chi connectivity index (χ0) is 9.84. The fourth-order valence-electron chi connectivity index (χ4n) is 0.870. The number of hydrogen-bond acceptors (Lipinski definition) is 2. The van der Waals surface area contributed by atoms with Crippen molar-refractivity contribution < 1.29 is 4.92 Å². The van der Waals surface area contributed by atoms with Crippen LogP contribution in [0.25, 0.3) is 6.08 Å². The van der Waals surface area contributed by atoms with Crippen molar-refractivity contribution in [2.45, 2.75) is 6.92 Å². The van der Waals surface area contributed by atoms with Crippen LogP contribution in [0.3, 0.4) is 0 Å². The molecule has 0 saturated heterocycles. The van der Waals surface area contributed by atoms with Gasteiger partial charge < -0.3 is 0 Å². The van der Waals surface area contributed by atoms with E-state index in [2.05, 4.69) is 22.6 Å². The molecule has 1 aromatic carbocycles. The third-order valence-corrected chi connectivity index (χ3v) is 2.54. The summed E-state index contributed by atoms with van der Waals surface area (Å²) in [5, 5.41) is 10.3. The van der Waals surface area contributed by atoms with E-state index in [1.807, 2.05) is 24.3 Å². The van der Waals surface area contributed by atoms with Gasteiger partial charge in [0.25, 0.3) is 0 Å². The molecule has 0 aliphatic carbocycles. The van der Waals surface area contributed by atoms with Gasteiger partial charge >= 0.3 is 0 Å². The van der Waals surface area contributed by atoms with E-state index < -0.39 is 0 Å². The molecule has 0 heterocycles. The third-order valence-electron chi connectivity index (χ3n) is 1.56. The minimum absolute atomic E-state index is 0.157. The largest absolute Gasteiger partial charge is 0.259 e. The maximum atomic E-state index is 10.3. The van der Waals surface area contributed by atoms with Gasteiger partial charge in [-0.25, -0.2) is 0 Å². The number of nitrogens with zero attached hydrogens (tertiary/aromatic N) is 1. The summed E-state index contributed by atoms with van der Waals surface area (Å²) in [6.45, 7) is 1.49. The fraction of sp³-hybridized carbons (Fsp3) is 0.111. The van der Waals surface area contributed by atoms with Crippen LogP contribution < -0.4 is 0 Å². The maximum absolute atomic E-state index is 10.3. The Morgan fingerprint density at radius 2 is 2.15 bits per heavy atom. The summed E-state index contributed by atoms with van der Waals surface area (Å²) >= 11 is 2.15. The number of benzene rings is 1. The monoisotopic (exact) mass is 289 g/mol. The van der Waals surface area contributed by atoms with Gasteiger partial charge in [0, 0.05) is 16.6 Å². The number of halogens is 1. The molecule has 1 aromatic rings. The average molecular weight is 289 g/mol. The van der Waals surface area contributed by atoms with E-state index in [0.717, 1.165) is 9.13 Å². The summed E-state index contributed by atoms with van der Waals surface area (Å²) in [7, 11) is 0. The number of rotatable bonds is 2. The van der Waals surface area contributed by atoms with Gasteiger partial charge in [-0.2, -0.15) is 0 Å². The first-order chi connectivity index (χ1) is 6.11. The summed E-state index contributed by atoms with van der Waals surface area (Å²) in [4.78, 5) is 9.96. The highest BCUT2D eigenvalue weighted by molar-refractivity contribution is 14.1. The Bertz CT molecular complexity index is 360. The molecular weight excluding hydrogens is 281 g/mol. The summed E-state index contributed by atoms with van der Waals surface area (Å²) in [6.07, 6.45) is 1.57. The van der Waals surface area contributed by atoms with Gasteiger partial charge in [0.15, 0.2) is 0 Å². The van der Waals surface area contributed by atoms with Crippen molar-refractivity contribution in [2.24, 2.45) is 0 Å². The highest BCUT2D eigenvalue weighted by Crippen LogP contribution is 2.14. The van der Waals surface area contributed by atoms with E-state index in [-0.39, 0.29) is 10.6 Å². The van der Waals surface area contributed by atoms with Gasteiger partial charge in [-0.1, -0.05) is 18.2 Å². The van der Waals surface area contributed by atoms with E-state index >= 15 is 0 Å². The second-order valence-corrected chi connectivity index (χ2v) is 3.73. The zero-order valence-electron chi connectivity index (χ0n) is 7.03. The Morgan fingerprint density at radius 3 is 2.69 bits per heavy atom. The SMILES string of the molecule is C/C(=C/c1ccccc1I)[N+](=O)[O-]. The molecule has 0 unspecified atom stereocenters. The van der Waals surface area contributed by atoms with E-state index in [0.29, 0.717) is 0 Å². The van der Waals surface area contributed by atoms with Gasteiger partial charge in [0.1, 0.15) is 0 Å². The van der Waals surface area contributed by atoms with Crippen molar-refractivity contribution in [3.8, 4) is 0 Å². The van der Waals surface area contributed by atoms with Crippen LogP contribution in [-0.2, 0) is 0 Å². The van der Waals surface area contributed by atoms with Gasteiger partial charge in [-0.3, -0.25) is 10.1 Å². The summed E-state index contributed by atoms with van der Waals surface area (Å²) in [5.74, 6) is 0. The lowest BCUT2D eigenvalue weighted by Crippen LogP contribution is -1.93. The van der Waals surface area contributed by atoms with Gasteiger partial charge in [-0.05, 0) is 34.2 Å². The molecule has 0 aromatic heterocycles. The minimum atomic E-state index is -0.386. The van der Waals surface area contributed by atoms with Crippen LogP contribution in [0.5, 0.6) is 0 Å². The normalized spacial score (nSPS) is 11.4. The molecule has 0 radical (unpaired) electrons. The minimum Gasteiger partial charge on any atom is -0.259 e. The highest BCUT2D eigenvalue weighted by atomic mass is 127. The van der Waals surface area contributed by atoms with Crippen molar-refractivity contribution in [3.63, 3.8) is 0 Å². The number of allylic oxidation sites excluding steroid dienone is 1. The number of hydrogen-bond donors (Lipinski definition) is 0. The van der Waals surface area contributed by atoms with Crippen LogP contribution in [0.15, 0.2) is 30.0 Å². The molecular formula is C9H8INO2. The lowest BCUT2D eigenvalue weighted by atomic mass is 10.2. The molecule has 0 aliphatic rings. The van der Waals surface area contributed by atoms with Crippen molar-refractivity contribution in [2.75, 3.05) is 0 Å². The van der Waals surface area contributed by atoms with Crippen LogP contribution in [0.1, 0.15) is 12.5 Å². The first-order valence-electron chi connectivity index (χ1n) is 3.68. The molecule has 0 N–H and O–H groups in total. The molecule has 0 spiro atoms. The molecule has 1 rings (SSSR count). The Hall–Kier alpha value is -0.910. The van der Waals surface area contributed by atoms with Crippen molar-refractivity contribution >= 4 is 28.7 Å².